The van der Waals surface area contributed by atoms with Crippen molar-refractivity contribution in [3.05, 3.63) is 31.8 Å². The van der Waals surface area contributed by atoms with Gasteiger partial charge < -0.3 is 5.32 Å². The molecule has 4 heteroatoms. The monoisotopic (exact) mass is 393 g/mol. The van der Waals surface area contributed by atoms with Gasteiger partial charge in [0.25, 0.3) is 5.91 Å². The van der Waals surface area contributed by atoms with E-state index in [-0.39, 0.29) is 5.91 Å². The number of carbonyl (C=O) groups excluding carboxylic acids is 1. The van der Waals surface area contributed by atoms with Crippen LogP contribution in [0.1, 0.15) is 30.1 Å². The van der Waals surface area contributed by atoms with Crippen LogP contribution in [-0.2, 0) is 0 Å². The fourth-order valence-electron chi connectivity index (χ4n) is 1.79. The molecule has 0 radical (unpaired) electrons. The number of amides is 1. The summed E-state index contributed by atoms with van der Waals surface area (Å²) in [6, 6.07) is 6.19. The maximum atomic E-state index is 12.0. The SMILES string of the molecule is CCC1CC1NC(=O)c1cc(I)ccc1Br. The molecule has 0 saturated heterocycles. The number of benzene rings is 1. The average Bonchev–Trinajstić information content (AvgIpc) is 3.00. The van der Waals surface area contributed by atoms with Crippen molar-refractivity contribution in [3.8, 4) is 0 Å². The van der Waals surface area contributed by atoms with E-state index in [1.807, 2.05) is 18.2 Å². The highest BCUT2D eigenvalue weighted by Gasteiger charge is 2.36. The summed E-state index contributed by atoms with van der Waals surface area (Å²) < 4.78 is 1.94. The van der Waals surface area contributed by atoms with Crippen molar-refractivity contribution in [1.29, 1.82) is 0 Å². The summed E-state index contributed by atoms with van der Waals surface area (Å²) in [5.74, 6) is 0.719. The molecule has 1 aliphatic rings. The van der Waals surface area contributed by atoms with Crippen molar-refractivity contribution in [2.75, 3.05) is 0 Å². The highest BCUT2D eigenvalue weighted by Crippen LogP contribution is 2.33. The topological polar surface area (TPSA) is 29.1 Å². The normalized spacial score (nSPS) is 22.9. The van der Waals surface area contributed by atoms with E-state index >= 15 is 0 Å². The van der Waals surface area contributed by atoms with Gasteiger partial charge in [0.1, 0.15) is 0 Å². The number of halogens is 2. The Hall–Kier alpha value is -0.100. The molecule has 1 aromatic rings. The second-order valence-electron chi connectivity index (χ2n) is 4.11. The lowest BCUT2D eigenvalue weighted by Gasteiger charge is -2.06. The third kappa shape index (κ3) is 2.77. The molecular weight excluding hydrogens is 381 g/mol. The smallest absolute Gasteiger partial charge is 0.252 e. The molecule has 1 aromatic carbocycles. The fourth-order valence-corrected chi connectivity index (χ4v) is 2.71. The van der Waals surface area contributed by atoms with Crippen LogP contribution in [0.15, 0.2) is 22.7 Å². The summed E-state index contributed by atoms with van der Waals surface area (Å²) in [4.78, 5) is 12.0. The van der Waals surface area contributed by atoms with Crippen LogP contribution in [0, 0.1) is 9.49 Å². The maximum Gasteiger partial charge on any atom is 0.252 e. The van der Waals surface area contributed by atoms with E-state index in [0.29, 0.717) is 12.0 Å². The fraction of sp³-hybridized carbons (Fsp3) is 0.417. The highest BCUT2D eigenvalue weighted by atomic mass is 127. The first-order chi connectivity index (χ1) is 7.61. The van der Waals surface area contributed by atoms with E-state index < -0.39 is 0 Å². The summed E-state index contributed by atoms with van der Waals surface area (Å²) >= 11 is 5.62. The van der Waals surface area contributed by atoms with Crippen LogP contribution in [0.4, 0.5) is 0 Å². The second kappa shape index (κ2) is 5.04. The molecule has 0 heterocycles. The number of nitrogens with one attached hydrogen (secondary N) is 1. The van der Waals surface area contributed by atoms with E-state index in [4.69, 9.17) is 0 Å². The van der Waals surface area contributed by atoms with E-state index in [0.717, 1.165) is 26.4 Å². The second-order valence-corrected chi connectivity index (χ2v) is 6.21. The van der Waals surface area contributed by atoms with Gasteiger partial charge in [0, 0.05) is 14.1 Å². The van der Waals surface area contributed by atoms with Crippen LogP contribution in [0.5, 0.6) is 0 Å². The molecule has 2 nitrogen and oxygen atoms in total. The van der Waals surface area contributed by atoms with Crippen LogP contribution >= 0.6 is 38.5 Å². The Kier molecular flexibility index (Phi) is 3.89. The van der Waals surface area contributed by atoms with Gasteiger partial charge in [-0.3, -0.25) is 4.79 Å². The third-order valence-electron chi connectivity index (χ3n) is 2.94. The molecule has 1 aliphatic carbocycles. The lowest BCUT2D eigenvalue weighted by atomic mass is 10.2. The molecule has 1 N–H and O–H groups in total. The van der Waals surface area contributed by atoms with Crippen molar-refractivity contribution in [2.24, 2.45) is 5.92 Å². The maximum absolute atomic E-state index is 12.0. The summed E-state index contributed by atoms with van der Waals surface area (Å²) in [6.07, 6.45) is 2.28. The predicted octanol–water partition coefficient (Wildman–Crippen LogP) is 3.58. The van der Waals surface area contributed by atoms with Gasteiger partial charge in [-0.05, 0) is 69.1 Å². The molecule has 1 saturated carbocycles. The molecule has 0 aromatic heterocycles. The Bertz CT molecular complexity index is 421. The number of hydrogen-bond acceptors (Lipinski definition) is 1. The zero-order chi connectivity index (χ0) is 11.7. The molecule has 86 valence electrons. The Balaban J connectivity index is 2.06. The lowest BCUT2D eigenvalue weighted by molar-refractivity contribution is 0.0948. The van der Waals surface area contributed by atoms with Crippen molar-refractivity contribution in [1.82, 2.24) is 5.32 Å². The number of rotatable bonds is 3. The third-order valence-corrected chi connectivity index (χ3v) is 4.30. The van der Waals surface area contributed by atoms with Gasteiger partial charge in [-0.2, -0.15) is 0 Å². The molecule has 2 unspecified atom stereocenters. The van der Waals surface area contributed by atoms with E-state index in [1.54, 1.807) is 0 Å². The standard InChI is InChI=1S/C12H13BrINO/c1-2-7-5-11(7)15-12(16)9-6-8(14)3-4-10(9)13/h3-4,6-7,11H,2,5H2,1H3,(H,15,16). The molecule has 0 spiro atoms. The number of hydrogen-bond donors (Lipinski definition) is 1. The van der Waals surface area contributed by atoms with Crippen LogP contribution in [0.3, 0.4) is 0 Å². The lowest BCUT2D eigenvalue weighted by Crippen LogP contribution is -2.27. The first-order valence-electron chi connectivity index (χ1n) is 5.37. The molecule has 2 atom stereocenters. The molecule has 16 heavy (non-hydrogen) atoms. The van der Waals surface area contributed by atoms with Crippen LogP contribution < -0.4 is 5.32 Å². The quantitative estimate of drug-likeness (QED) is 0.781. The first-order valence-corrected chi connectivity index (χ1v) is 7.25. The Morgan fingerprint density at radius 3 is 3.00 bits per heavy atom. The number of carbonyl (C=O) groups is 1. The summed E-state index contributed by atoms with van der Waals surface area (Å²) in [7, 11) is 0. The minimum atomic E-state index is 0.0336. The van der Waals surface area contributed by atoms with Crippen molar-refractivity contribution in [2.45, 2.75) is 25.8 Å². The molecule has 1 amide bonds. The zero-order valence-electron chi connectivity index (χ0n) is 8.97. The zero-order valence-corrected chi connectivity index (χ0v) is 12.7. The van der Waals surface area contributed by atoms with Gasteiger partial charge in [-0.15, -0.1) is 0 Å². The minimum Gasteiger partial charge on any atom is -0.349 e. The van der Waals surface area contributed by atoms with Crippen LogP contribution in [0.2, 0.25) is 0 Å². The van der Waals surface area contributed by atoms with Gasteiger partial charge in [0.2, 0.25) is 0 Å². The predicted molar refractivity (Wildman–Crippen MR) is 76.5 cm³/mol. The Morgan fingerprint density at radius 1 is 1.62 bits per heavy atom. The van der Waals surface area contributed by atoms with Crippen molar-refractivity contribution >= 4 is 44.4 Å². The first kappa shape index (κ1) is 12.4. The highest BCUT2D eigenvalue weighted by molar-refractivity contribution is 14.1. The van der Waals surface area contributed by atoms with E-state index in [2.05, 4.69) is 50.8 Å². The van der Waals surface area contributed by atoms with Crippen molar-refractivity contribution < 1.29 is 4.79 Å². The van der Waals surface area contributed by atoms with Gasteiger partial charge in [-0.1, -0.05) is 13.3 Å². The average molecular weight is 394 g/mol. The Morgan fingerprint density at radius 2 is 2.38 bits per heavy atom. The minimum absolute atomic E-state index is 0.0336. The van der Waals surface area contributed by atoms with E-state index in [9.17, 15) is 4.79 Å². The summed E-state index contributed by atoms with van der Waals surface area (Å²) in [6.45, 7) is 2.16. The molecule has 0 bridgehead atoms. The van der Waals surface area contributed by atoms with Gasteiger partial charge >= 0.3 is 0 Å². The molecule has 2 rings (SSSR count). The largest absolute Gasteiger partial charge is 0.349 e. The molecular formula is C12H13BrINO. The Labute approximate surface area is 117 Å². The van der Waals surface area contributed by atoms with Crippen LogP contribution in [0.25, 0.3) is 0 Å². The summed E-state index contributed by atoms with van der Waals surface area (Å²) in [5, 5.41) is 3.07. The van der Waals surface area contributed by atoms with Gasteiger partial charge in [-0.25, -0.2) is 0 Å². The van der Waals surface area contributed by atoms with Gasteiger partial charge in [0.05, 0.1) is 5.56 Å². The molecule has 0 aliphatic heterocycles. The van der Waals surface area contributed by atoms with Gasteiger partial charge in [0.15, 0.2) is 0 Å². The summed E-state index contributed by atoms with van der Waals surface area (Å²) in [5.41, 5.74) is 0.730. The molecule has 1 fully saturated rings. The van der Waals surface area contributed by atoms with Crippen molar-refractivity contribution in [3.63, 3.8) is 0 Å². The van der Waals surface area contributed by atoms with E-state index in [1.165, 1.54) is 0 Å². The van der Waals surface area contributed by atoms with Crippen LogP contribution in [-0.4, -0.2) is 11.9 Å².